The van der Waals surface area contributed by atoms with Crippen LogP contribution in [0.1, 0.15) is 73.4 Å². The summed E-state index contributed by atoms with van der Waals surface area (Å²) in [6, 6.07) is 24.3. The van der Waals surface area contributed by atoms with E-state index in [1.54, 1.807) is 12.1 Å². The van der Waals surface area contributed by atoms with Crippen molar-refractivity contribution in [2.75, 3.05) is 18.9 Å². The fourth-order valence-electron chi connectivity index (χ4n) is 5.08. The molecule has 0 bridgehead atoms. The lowest BCUT2D eigenvalue weighted by Crippen LogP contribution is -2.43. The summed E-state index contributed by atoms with van der Waals surface area (Å²) in [6.07, 6.45) is -0.974. The molecule has 1 aliphatic rings. The predicted molar refractivity (Wildman–Crippen MR) is 158 cm³/mol. The SMILES string of the molecule is C[C@H]([C@@H](O)c1ccccc1)N(C)C[C@@H]1C[C@H](c2ccc(CO)cc2)O[C@H](c2cccc(NC(=O)CCCC(=O)O)c2)O1. The Morgan fingerprint density at radius 3 is 2.40 bits per heavy atom. The van der Waals surface area contributed by atoms with Gasteiger partial charge in [-0.3, -0.25) is 14.5 Å². The molecule has 42 heavy (non-hydrogen) atoms. The van der Waals surface area contributed by atoms with E-state index in [0.717, 1.165) is 22.3 Å². The van der Waals surface area contributed by atoms with Gasteiger partial charge in [0.1, 0.15) is 0 Å². The van der Waals surface area contributed by atoms with Crippen LogP contribution in [0.5, 0.6) is 0 Å². The Hall–Kier alpha value is -3.60. The topological polar surface area (TPSA) is 129 Å². The van der Waals surface area contributed by atoms with Crippen LogP contribution in [-0.4, -0.2) is 57.8 Å². The number of nitrogens with zero attached hydrogens (tertiary/aromatic N) is 1. The van der Waals surface area contributed by atoms with Crippen LogP contribution in [0.4, 0.5) is 5.69 Å². The van der Waals surface area contributed by atoms with E-state index in [2.05, 4.69) is 10.2 Å². The average molecular weight is 577 g/mol. The van der Waals surface area contributed by atoms with Gasteiger partial charge in [0.2, 0.25) is 5.91 Å². The number of anilines is 1. The summed E-state index contributed by atoms with van der Waals surface area (Å²) in [5.74, 6) is -1.19. The normalized spacial score (nSPS) is 20.2. The zero-order valence-electron chi connectivity index (χ0n) is 24.1. The van der Waals surface area contributed by atoms with Gasteiger partial charge in [-0.05, 0) is 49.2 Å². The molecule has 4 N–H and O–H groups in total. The Balaban J connectivity index is 1.50. The summed E-state index contributed by atoms with van der Waals surface area (Å²) < 4.78 is 12.9. The summed E-state index contributed by atoms with van der Waals surface area (Å²) in [7, 11) is 1.97. The van der Waals surface area contributed by atoms with E-state index in [1.807, 2.05) is 80.7 Å². The van der Waals surface area contributed by atoms with Gasteiger partial charge in [0.05, 0.1) is 24.9 Å². The highest BCUT2D eigenvalue weighted by molar-refractivity contribution is 5.90. The zero-order valence-corrected chi connectivity index (χ0v) is 24.1. The van der Waals surface area contributed by atoms with Gasteiger partial charge in [-0.25, -0.2) is 0 Å². The molecule has 3 aromatic rings. The molecule has 0 spiro atoms. The first-order chi connectivity index (χ1) is 20.2. The van der Waals surface area contributed by atoms with Crippen molar-refractivity contribution in [3.05, 3.63) is 101 Å². The first kappa shape index (κ1) is 31.3. The van der Waals surface area contributed by atoms with E-state index in [0.29, 0.717) is 18.7 Å². The van der Waals surface area contributed by atoms with E-state index >= 15 is 0 Å². The molecular weight excluding hydrogens is 536 g/mol. The first-order valence-corrected chi connectivity index (χ1v) is 14.3. The Kier molecular flexibility index (Phi) is 11.2. The van der Waals surface area contributed by atoms with E-state index in [9.17, 15) is 19.8 Å². The van der Waals surface area contributed by atoms with Crippen molar-refractivity contribution >= 4 is 17.6 Å². The molecule has 1 saturated heterocycles. The molecule has 0 saturated carbocycles. The number of nitrogens with one attached hydrogen (secondary N) is 1. The summed E-state index contributed by atoms with van der Waals surface area (Å²) in [5.41, 5.74) is 3.94. The molecule has 1 amide bonds. The third kappa shape index (κ3) is 8.70. The predicted octanol–water partition coefficient (Wildman–Crippen LogP) is 4.97. The quantitative estimate of drug-likeness (QED) is 0.225. The summed E-state index contributed by atoms with van der Waals surface area (Å²) >= 11 is 0. The molecular formula is C33H40N2O7. The first-order valence-electron chi connectivity index (χ1n) is 14.3. The molecule has 0 aliphatic carbocycles. The number of aliphatic hydroxyl groups excluding tert-OH is 2. The third-order valence-electron chi connectivity index (χ3n) is 7.64. The van der Waals surface area contributed by atoms with Crippen LogP contribution in [0.15, 0.2) is 78.9 Å². The highest BCUT2D eigenvalue weighted by atomic mass is 16.7. The standard InChI is InChI=1S/C33H40N2O7/c1-22(32(40)25-8-4-3-5-9-25)35(2)20-28-19-29(24-16-14-23(21-36)15-17-24)42-33(41-28)26-10-6-11-27(18-26)34-30(37)12-7-13-31(38)39/h3-6,8-11,14-18,22,28-29,32-33,36,40H,7,12-13,19-21H2,1-2H3,(H,34,37)(H,38,39)/t22-,28+,29-,32-,33-/m1/s1. The van der Waals surface area contributed by atoms with Gasteiger partial charge in [-0.1, -0.05) is 66.7 Å². The van der Waals surface area contributed by atoms with Gasteiger partial charge in [0.25, 0.3) is 0 Å². The van der Waals surface area contributed by atoms with Crippen molar-refractivity contribution in [2.45, 2.75) is 69.9 Å². The molecule has 4 rings (SSSR count). The molecule has 9 heteroatoms. The number of hydrogen-bond donors (Lipinski definition) is 4. The zero-order chi connectivity index (χ0) is 30.1. The summed E-state index contributed by atoms with van der Waals surface area (Å²) in [6.45, 7) is 2.50. The second-order valence-corrected chi connectivity index (χ2v) is 10.8. The highest BCUT2D eigenvalue weighted by Gasteiger charge is 2.34. The maximum atomic E-state index is 12.4. The van der Waals surface area contributed by atoms with Crippen LogP contribution in [0, 0.1) is 0 Å². The largest absolute Gasteiger partial charge is 0.481 e. The van der Waals surface area contributed by atoms with Crippen LogP contribution in [0.3, 0.4) is 0 Å². The third-order valence-corrected chi connectivity index (χ3v) is 7.64. The molecule has 1 heterocycles. The van der Waals surface area contributed by atoms with Crippen molar-refractivity contribution in [2.24, 2.45) is 0 Å². The number of aliphatic hydroxyl groups is 2. The van der Waals surface area contributed by atoms with Crippen molar-refractivity contribution in [3.63, 3.8) is 0 Å². The lowest BCUT2D eigenvalue weighted by molar-refractivity contribution is -0.253. The van der Waals surface area contributed by atoms with Gasteiger partial charge < -0.3 is 30.1 Å². The van der Waals surface area contributed by atoms with E-state index in [1.165, 1.54) is 0 Å². The fraction of sp³-hybridized carbons (Fsp3) is 0.394. The maximum absolute atomic E-state index is 12.4. The van der Waals surface area contributed by atoms with Crippen molar-refractivity contribution in [1.82, 2.24) is 4.90 Å². The number of carbonyl (C=O) groups is 2. The van der Waals surface area contributed by atoms with Crippen molar-refractivity contribution < 1.29 is 34.4 Å². The number of carboxylic acids is 1. The smallest absolute Gasteiger partial charge is 0.303 e. The molecule has 1 aliphatic heterocycles. The minimum atomic E-state index is -0.930. The Labute approximate surface area is 246 Å². The van der Waals surface area contributed by atoms with Crippen LogP contribution >= 0.6 is 0 Å². The Morgan fingerprint density at radius 2 is 1.71 bits per heavy atom. The fourth-order valence-corrected chi connectivity index (χ4v) is 5.08. The summed E-state index contributed by atoms with van der Waals surface area (Å²) in [4.78, 5) is 25.2. The number of ether oxygens (including phenoxy) is 2. The Morgan fingerprint density at radius 1 is 0.976 bits per heavy atom. The molecule has 224 valence electrons. The van der Waals surface area contributed by atoms with Gasteiger partial charge in [-0.15, -0.1) is 0 Å². The number of carbonyl (C=O) groups excluding carboxylic acids is 1. The molecule has 5 atom stereocenters. The molecule has 0 unspecified atom stereocenters. The molecule has 1 fully saturated rings. The van der Waals surface area contributed by atoms with Gasteiger partial charge in [0, 0.05) is 43.1 Å². The number of carboxylic acid groups (broad SMARTS) is 1. The number of amides is 1. The van der Waals surface area contributed by atoms with Crippen LogP contribution in [0.2, 0.25) is 0 Å². The van der Waals surface area contributed by atoms with E-state index in [-0.39, 0.29) is 50.0 Å². The minimum absolute atomic E-state index is 0.0403. The average Bonchev–Trinajstić information content (AvgIpc) is 3.00. The number of aliphatic carboxylic acids is 1. The minimum Gasteiger partial charge on any atom is -0.481 e. The second-order valence-electron chi connectivity index (χ2n) is 10.8. The van der Waals surface area contributed by atoms with Crippen molar-refractivity contribution in [3.8, 4) is 0 Å². The monoisotopic (exact) mass is 576 g/mol. The number of benzene rings is 3. The number of likely N-dealkylation sites (N-methyl/N-ethyl adjacent to an activating group) is 1. The molecule has 0 aromatic heterocycles. The van der Waals surface area contributed by atoms with Gasteiger partial charge >= 0.3 is 5.97 Å². The second kappa shape index (κ2) is 15.0. The van der Waals surface area contributed by atoms with E-state index in [4.69, 9.17) is 14.6 Å². The molecule has 0 radical (unpaired) electrons. The van der Waals surface area contributed by atoms with Crippen molar-refractivity contribution in [1.29, 1.82) is 0 Å². The van der Waals surface area contributed by atoms with Crippen LogP contribution in [0.25, 0.3) is 0 Å². The Bertz CT molecular complexity index is 1300. The lowest BCUT2D eigenvalue weighted by Gasteiger charge is -2.39. The van der Waals surface area contributed by atoms with Gasteiger partial charge in [-0.2, -0.15) is 0 Å². The molecule has 3 aromatic carbocycles. The van der Waals surface area contributed by atoms with Crippen LogP contribution < -0.4 is 5.32 Å². The molecule has 9 nitrogen and oxygen atoms in total. The number of rotatable bonds is 13. The van der Waals surface area contributed by atoms with E-state index < -0.39 is 18.4 Å². The van der Waals surface area contributed by atoms with Crippen LogP contribution in [-0.2, 0) is 25.7 Å². The lowest BCUT2D eigenvalue weighted by atomic mass is 9.98. The highest BCUT2D eigenvalue weighted by Crippen LogP contribution is 2.39. The van der Waals surface area contributed by atoms with Gasteiger partial charge in [0.15, 0.2) is 6.29 Å². The maximum Gasteiger partial charge on any atom is 0.303 e. The summed E-state index contributed by atoms with van der Waals surface area (Å²) in [5, 5.41) is 32.1. The number of hydrogen-bond acceptors (Lipinski definition) is 7.